The molecule has 0 unspecified atom stereocenters. The average molecular weight is 236 g/mol. The molecule has 0 N–H and O–H groups in total. The molecule has 4 nitrogen and oxygen atoms in total. The fourth-order valence-electron chi connectivity index (χ4n) is 1.86. The van der Waals surface area contributed by atoms with Crippen LogP contribution in [-0.2, 0) is 6.42 Å². The van der Waals surface area contributed by atoms with Crippen LogP contribution < -0.4 is 0 Å². The number of benzene rings is 1. The Labute approximate surface area is 105 Å². The van der Waals surface area contributed by atoms with Crippen LogP contribution in [0.4, 0.5) is 0 Å². The van der Waals surface area contributed by atoms with E-state index in [1.165, 1.54) is 11.1 Å². The van der Waals surface area contributed by atoms with Gasteiger partial charge in [-0.2, -0.15) is 0 Å². The van der Waals surface area contributed by atoms with E-state index in [0.29, 0.717) is 0 Å². The van der Waals surface area contributed by atoms with Crippen LogP contribution in [0.15, 0.2) is 61.4 Å². The highest BCUT2D eigenvalue weighted by Crippen LogP contribution is 2.12. The van der Waals surface area contributed by atoms with Gasteiger partial charge < -0.3 is 0 Å². The van der Waals surface area contributed by atoms with Crippen molar-refractivity contribution in [2.45, 2.75) is 6.42 Å². The van der Waals surface area contributed by atoms with Gasteiger partial charge in [-0.05, 0) is 41.8 Å². The molecule has 88 valence electrons. The summed E-state index contributed by atoms with van der Waals surface area (Å²) in [6.07, 6.45) is 7.95. The third-order valence-electron chi connectivity index (χ3n) is 2.81. The van der Waals surface area contributed by atoms with Gasteiger partial charge in [0.25, 0.3) is 0 Å². The third-order valence-corrected chi connectivity index (χ3v) is 2.81. The molecule has 0 atom stereocenters. The Morgan fingerprint density at radius 1 is 0.778 bits per heavy atom. The van der Waals surface area contributed by atoms with Gasteiger partial charge in [0.1, 0.15) is 12.7 Å². The number of hydrogen-bond donors (Lipinski definition) is 0. The molecule has 0 aliphatic heterocycles. The second-order valence-electron chi connectivity index (χ2n) is 4.07. The first-order valence-corrected chi connectivity index (χ1v) is 5.75. The molecule has 0 aliphatic carbocycles. The fraction of sp³-hybridized carbons (Fsp3) is 0.0714. The zero-order valence-corrected chi connectivity index (χ0v) is 9.77. The van der Waals surface area contributed by atoms with E-state index in [-0.39, 0.29) is 0 Å². The van der Waals surface area contributed by atoms with Crippen molar-refractivity contribution >= 4 is 0 Å². The largest absolute Gasteiger partial charge is 0.288 e. The van der Waals surface area contributed by atoms with Gasteiger partial charge in [0.05, 0.1) is 0 Å². The minimum absolute atomic E-state index is 0.922. The normalized spacial score (nSPS) is 10.4. The molecule has 0 fully saturated rings. The summed E-state index contributed by atoms with van der Waals surface area (Å²) >= 11 is 0. The molecule has 2 heterocycles. The lowest BCUT2D eigenvalue weighted by molar-refractivity contribution is 1.05. The third kappa shape index (κ3) is 2.27. The minimum atomic E-state index is 0.922. The van der Waals surface area contributed by atoms with Crippen molar-refractivity contribution < 1.29 is 0 Å². The second kappa shape index (κ2) is 4.79. The first kappa shape index (κ1) is 10.7. The molecule has 0 saturated carbocycles. The van der Waals surface area contributed by atoms with Crippen molar-refractivity contribution in [2.24, 2.45) is 0 Å². The summed E-state index contributed by atoms with van der Waals surface area (Å²) in [4.78, 5) is 4.02. The van der Waals surface area contributed by atoms with Crippen LogP contribution in [0.1, 0.15) is 11.1 Å². The molecule has 0 radical (unpaired) electrons. The van der Waals surface area contributed by atoms with Gasteiger partial charge in [0.2, 0.25) is 0 Å². The Morgan fingerprint density at radius 2 is 1.39 bits per heavy atom. The van der Waals surface area contributed by atoms with Crippen molar-refractivity contribution in [3.63, 3.8) is 0 Å². The summed E-state index contributed by atoms with van der Waals surface area (Å²) in [6, 6.07) is 12.5. The molecule has 18 heavy (non-hydrogen) atoms. The molecule has 0 spiro atoms. The summed E-state index contributed by atoms with van der Waals surface area (Å²) in [7, 11) is 0. The molecule has 0 aliphatic rings. The summed E-state index contributed by atoms with van der Waals surface area (Å²) in [6.45, 7) is 0. The van der Waals surface area contributed by atoms with Crippen LogP contribution in [0, 0.1) is 0 Å². The lowest BCUT2D eigenvalue weighted by Crippen LogP contribution is -1.92. The van der Waals surface area contributed by atoms with Gasteiger partial charge >= 0.3 is 0 Å². The summed E-state index contributed by atoms with van der Waals surface area (Å²) in [5.41, 5.74) is 3.61. The van der Waals surface area contributed by atoms with Crippen LogP contribution in [0.2, 0.25) is 0 Å². The van der Waals surface area contributed by atoms with Crippen molar-refractivity contribution in [1.82, 2.24) is 19.7 Å². The zero-order valence-electron chi connectivity index (χ0n) is 9.77. The Balaban J connectivity index is 1.80. The Kier molecular flexibility index (Phi) is 2.84. The Bertz CT molecular complexity index is 600. The predicted octanol–water partition coefficient (Wildman–Crippen LogP) is 2.25. The van der Waals surface area contributed by atoms with E-state index in [9.17, 15) is 0 Å². The van der Waals surface area contributed by atoms with E-state index in [4.69, 9.17) is 0 Å². The quantitative estimate of drug-likeness (QED) is 0.700. The SMILES string of the molecule is c1cc(Cc2ccc(-n3cnnc3)cc2)ccn1. The van der Waals surface area contributed by atoms with Crippen molar-refractivity contribution in [1.29, 1.82) is 0 Å². The number of hydrogen-bond acceptors (Lipinski definition) is 3. The van der Waals surface area contributed by atoms with Crippen LogP contribution >= 0.6 is 0 Å². The van der Waals surface area contributed by atoms with E-state index in [1.54, 1.807) is 12.7 Å². The number of nitrogens with zero attached hydrogens (tertiary/aromatic N) is 4. The maximum absolute atomic E-state index is 4.02. The summed E-state index contributed by atoms with van der Waals surface area (Å²) < 4.78 is 1.89. The minimum Gasteiger partial charge on any atom is -0.288 e. The Morgan fingerprint density at radius 3 is 2.06 bits per heavy atom. The van der Waals surface area contributed by atoms with Gasteiger partial charge in [-0.1, -0.05) is 12.1 Å². The van der Waals surface area contributed by atoms with E-state index in [1.807, 2.05) is 29.1 Å². The zero-order chi connectivity index (χ0) is 12.2. The standard InChI is InChI=1S/C14H12N4/c1-3-14(18-10-16-17-11-18)4-2-12(1)9-13-5-7-15-8-6-13/h1-8,10-11H,9H2. The fourth-order valence-corrected chi connectivity index (χ4v) is 1.86. The number of rotatable bonds is 3. The maximum atomic E-state index is 4.02. The maximum Gasteiger partial charge on any atom is 0.123 e. The average Bonchev–Trinajstić information content (AvgIpc) is 2.95. The van der Waals surface area contributed by atoms with E-state index >= 15 is 0 Å². The number of aromatic nitrogens is 4. The van der Waals surface area contributed by atoms with Gasteiger partial charge in [-0.25, -0.2) is 0 Å². The second-order valence-corrected chi connectivity index (χ2v) is 4.07. The lowest BCUT2D eigenvalue weighted by atomic mass is 10.1. The molecule has 0 bridgehead atoms. The Hall–Kier alpha value is -2.49. The first-order chi connectivity index (χ1) is 8.92. The molecule has 3 aromatic rings. The highest BCUT2D eigenvalue weighted by Gasteiger charge is 1.98. The van der Waals surface area contributed by atoms with Gasteiger partial charge in [-0.15, -0.1) is 10.2 Å². The predicted molar refractivity (Wildman–Crippen MR) is 68.4 cm³/mol. The van der Waals surface area contributed by atoms with Gasteiger partial charge in [0.15, 0.2) is 0 Å². The molecular weight excluding hydrogens is 224 g/mol. The summed E-state index contributed by atoms with van der Waals surface area (Å²) in [5.74, 6) is 0. The van der Waals surface area contributed by atoms with E-state index in [2.05, 4.69) is 39.4 Å². The van der Waals surface area contributed by atoms with Gasteiger partial charge in [-0.3, -0.25) is 9.55 Å². The molecule has 1 aromatic carbocycles. The van der Waals surface area contributed by atoms with E-state index in [0.717, 1.165) is 12.1 Å². The van der Waals surface area contributed by atoms with E-state index < -0.39 is 0 Å². The van der Waals surface area contributed by atoms with Crippen LogP contribution in [0.3, 0.4) is 0 Å². The lowest BCUT2D eigenvalue weighted by Gasteiger charge is -2.04. The van der Waals surface area contributed by atoms with Crippen LogP contribution in [-0.4, -0.2) is 19.7 Å². The van der Waals surface area contributed by atoms with Gasteiger partial charge in [0, 0.05) is 18.1 Å². The monoisotopic (exact) mass is 236 g/mol. The summed E-state index contributed by atoms with van der Waals surface area (Å²) in [5, 5.41) is 7.59. The molecule has 0 saturated heterocycles. The molecule has 0 amide bonds. The smallest absolute Gasteiger partial charge is 0.123 e. The molecule has 3 rings (SSSR count). The highest BCUT2D eigenvalue weighted by atomic mass is 15.2. The first-order valence-electron chi connectivity index (χ1n) is 5.75. The molecule has 4 heteroatoms. The highest BCUT2D eigenvalue weighted by molar-refractivity contribution is 5.35. The molecular formula is C14H12N4. The topological polar surface area (TPSA) is 43.6 Å². The molecule has 2 aromatic heterocycles. The van der Waals surface area contributed by atoms with Crippen LogP contribution in [0.5, 0.6) is 0 Å². The van der Waals surface area contributed by atoms with Crippen molar-refractivity contribution in [3.8, 4) is 5.69 Å². The van der Waals surface area contributed by atoms with Crippen LogP contribution in [0.25, 0.3) is 5.69 Å². The van der Waals surface area contributed by atoms with Crippen molar-refractivity contribution in [3.05, 3.63) is 72.6 Å². The van der Waals surface area contributed by atoms with Crippen molar-refractivity contribution in [2.75, 3.05) is 0 Å². The number of pyridine rings is 1.